The molecule has 0 amide bonds. The van der Waals surface area contributed by atoms with Crippen molar-refractivity contribution in [3.8, 4) is 0 Å². The SMILES string of the molecule is CCCc1ccc(NCC(C)=O)nn1. The molecule has 0 saturated carbocycles. The predicted molar refractivity (Wildman–Crippen MR) is 55.2 cm³/mol. The monoisotopic (exact) mass is 193 g/mol. The van der Waals surface area contributed by atoms with Crippen LogP contribution >= 0.6 is 0 Å². The minimum atomic E-state index is 0.0874. The number of aromatic nitrogens is 2. The van der Waals surface area contributed by atoms with E-state index in [0.29, 0.717) is 12.4 Å². The molecule has 0 spiro atoms. The first-order valence-corrected chi connectivity index (χ1v) is 4.78. The molecule has 0 fully saturated rings. The molecule has 1 rings (SSSR count). The highest BCUT2D eigenvalue weighted by atomic mass is 16.1. The Morgan fingerprint density at radius 1 is 1.43 bits per heavy atom. The summed E-state index contributed by atoms with van der Waals surface area (Å²) in [5.41, 5.74) is 0.987. The quantitative estimate of drug-likeness (QED) is 0.768. The van der Waals surface area contributed by atoms with Gasteiger partial charge in [0.15, 0.2) is 0 Å². The third-order valence-electron chi connectivity index (χ3n) is 1.74. The van der Waals surface area contributed by atoms with Crippen LogP contribution in [0.15, 0.2) is 12.1 Å². The van der Waals surface area contributed by atoms with E-state index in [4.69, 9.17) is 0 Å². The first-order chi connectivity index (χ1) is 6.72. The van der Waals surface area contributed by atoms with Gasteiger partial charge in [-0.3, -0.25) is 4.79 Å². The smallest absolute Gasteiger partial charge is 0.149 e. The van der Waals surface area contributed by atoms with Crippen LogP contribution in [0.5, 0.6) is 0 Å². The maximum absolute atomic E-state index is 10.7. The molecule has 0 radical (unpaired) electrons. The van der Waals surface area contributed by atoms with Crippen molar-refractivity contribution in [2.45, 2.75) is 26.7 Å². The average molecular weight is 193 g/mol. The fourth-order valence-corrected chi connectivity index (χ4v) is 1.06. The lowest BCUT2D eigenvalue weighted by Gasteiger charge is -2.02. The second-order valence-electron chi connectivity index (χ2n) is 3.22. The van der Waals surface area contributed by atoms with Crippen molar-refractivity contribution >= 4 is 11.6 Å². The molecule has 76 valence electrons. The number of rotatable bonds is 5. The molecule has 0 saturated heterocycles. The van der Waals surface area contributed by atoms with E-state index in [2.05, 4.69) is 22.4 Å². The van der Waals surface area contributed by atoms with Gasteiger partial charge in [0.1, 0.15) is 11.6 Å². The highest BCUT2D eigenvalue weighted by Crippen LogP contribution is 2.03. The van der Waals surface area contributed by atoms with Crippen molar-refractivity contribution in [1.82, 2.24) is 10.2 Å². The van der Waals surface area contributed by atoms with Crippen LogP contribution < -0.4 is 5.32 Å². The van der Waals surface area contributed by atoms with Crippen LogP contribution in [0.4, 0.5) is 5.82 Å². The Morgan fingerprint density at radius 2 is 2.21 bits per heavy atom. The van der Waals surface area contributed by atoms with E-state index in [1.807, 2.05) is 12.1 Å². The van der Waals surface area contributed by atoms with Crippen molar-refractivity contribution in [2.75, 3.05) is 11.9 Å². The Balaban J connectivity index is 2.50. The first kappa shape index (κ1) is 10.6. The Labute approximate surface area is 83.7 Å². The molecule has 1 aromatic rings. The van der Waals surface area contributed by atoms with E-state index in [1.165, 1.54) is 6.92 Å². The zero-order valence-electron chi connectivity index (χ0n) is 8.58. The molecule has 0 aromatic carbocycles. The predicted octanol–water partition coefficient (Wildman–Crippen LogP) is 1.43. The van der Waals surface area contributed by atoms with Crippen LogP contribution in [0, 0.1) is 0 Å². The molecule has 0 unspecified atom stereocenters. The van der Waals surface area contributed by atoms with E-state index in [1.54, 1.807) is 0 Å². The van der Waals surface area contributed by atoms with E-state index < -0.39 is 0 Å². The molecule has 0 aliphatic heterocycles. The molecular formula is C10H15N3O. The van der Waals surface area contributed by atoms with Crippen molar-refractivity contribution in [1.29, 1.82) is 0 Å². The van der Waals surface area contributed by atoms with Gasteiger partial charge in [-0.15, -0.1) is 5.10 Å². The van der Waals surface area contributed by atoms with Gasteiger partial charge in [-0.1, -0.05) is 13.3 Å². The first-order valence-electron chi connectivity index (χ1n) is 4.78. The summed E-state index contributed by atoms with van der Waals surface area (Å²) >= 11 is 0. The van der Waals surface area contributed by atoms with Gasteiger partial charge in [-0.2, -0.15) is 5.10 Å². The number of ketones is 1. The number of carbonyl (C=O) groups excluding carboxylic acids is 1. The van der Waals surface area contributed by atoms with Gasteiger partial charge in [-0.25, -0.2) is 0 Å². The molecule has 0 aliphatic carbocycles. The summed E-state index contributed by atoms with van der Waals surface area (Å²) in [6.07, 6.45) is 2.01. The summed E-state index contributed by atoms with van der Waals surface area (Å²) in [7, 11) is 0. The maximum Gasteiger partial charge on any atom is 0.149 e. The standard InChI is InChI=1S/C10H15N3O/c1-3-4-9-5-6-10(13-12-9)11-7-8(2)14/h5-6H,3-4,7H2,1-2H3,(H,11,13). The van der Waals surface area contributed by atoms with E-state index in [-0.39, 0.29) is 5.78 Å². The zero-order chi connectivity index (χ0) is 10.4. The molecule has 4 nitrogen and oxygen atoms in total. The van der Waals surface area contributed by atoms with E-state index in [0.717, 1.165) is 18.5 Å². The second kappa shape index (κ2) is 5.32. The van der Waals surface area contributed by atoms with Crippen LogP contribution in [0.3, 0.4) is 0 Å². The van der Waals surface area contributed by atoms with Crippen LogP contribution in [-0.2, 0) is 11.2 Å². The lowest BCUT2D eigenvalue weighted by atomic mass is 10.2. The molecule has 1 N–H and O–H groups in total. The summed E-state index contributed by atoms with van der Waals surface area (Å²) in [4.78, 5) is 10.7. The van der Waals surface area contributed by atoms with Gasteiger partial charge < -0.3 is 5.32 Å². The maximum atomic E-state index is 10.7. The van der Waals surface area contributed by atoms with Gasteiger partial charge in [-0.05, 0) is 25.5 Å². The van der Waals surface area contributed by atoms with Crippen molar-refractivity contribution in [2.24, 2.45) is 0 Å². The minimum absolute atomic E-state index is 0.0874. The van der Waals surface area contributed by atoms with Gasteiger partial charge in [0, 0.05) is 0 Å². The summed E-state index contributed by atoms with van der Waals surface area (Å²) in [5, 5.41) is 10.9. The zero-order valence-corrected chi connectivity index (χ0v) is 8.58. The number of aryl methyl sites for hydroxylation is 1. The van der Waals surface area contributed by atoms with Crippen LogP contribution in [0.1, 0.15) is 26.0 Å². The van der Waals surface area contributed by atoms with Crippen LogP contribution in [0.25, 0.3) is 0 Å². The third kappa shape index (κ3) is 3.51. The normalized spacial score (nSPS) is 9.86. The summed E-state index contributed by atoms with van der Waals surface area (Å²) in [6, 6.07) is 3.78. The fraction of sp³-hybridized carbons (Fsp3) is 0.500. The average Bonchev–Trinajstić information content (AvgIpc) is 2.17. The molecule has 14 heavy (non-hydrogen) atoms. The molecular weight excluding hydrogens is 178 g/mol. The highest BCUT2D eigenvalue weighted by Gasteiger charge is 1.97. The lowest BCUT2D eigenvalue weighted by molar-refractivity contribution is -0.115. The topological polar surface area (TPSA) is 54.9 Å². The molecule has 1 heterocycles. The van der Waals surface area contributed by atoms with Crippen molar-refractivity contribution in [3.05, 3.63) is 17.8 Å². The van der Waals surface area contributed by atoms with Gasteiger partial charge in [0.05, 0.1) is 12.2 Å². The number of anilines is 1. The number of nitrogens with zero attached hydrogens (tertiary/aromatic N) is 2. The number of Topliss-reactive ketones (excluding diaryl/α,β-unsaturated/α-hetero) is 1. The van der Waals surface area contributed by atoms with Crippen LogP contribution in [0.2, 0.25) is 0 Å². The Kier molecular flexibility index (Phi) is 4.04. The van der Waals surface area contributed by atoms with Crippen molar-refractivity contribution in [3.63, 3.8) is 0 Å². The van der Waals surface area contributed by atoms with E-state index in [9.17, 15) is 4.79 Å². The molecule has 1 aromatic heterocycles. The molecule has 0 bridgehead atoms. The van der Waals surface area contributed by atoms with Gasteiger partial charge in [0.25, 0.3) is 0 Å². The Hall–Kier alpha value is -1.45. The minimum Gasteiger partial charge on any atom is -0.362 e. The highest BCUT2D eigenvalue weighted by molar-refractivity contribution is 5.79. The second-order valence-corrected chi connectivity index (χ2v) is 3.22. The number of hydrogen-bond donors (Lipinski definition) is 1. The van der Waals surface area contributed by atoms with Gasteiger partial charge >= 0.3 is 0 Å². The Morgan fingerprint density at radius 3 is 2.71 bits per heavy atom. The number of hydrogen-bond acceptors (Lipinski definition) is 4. The number of nitrogens with one attached hydrogen (secondary N) is 1. The summed E-state index contributed by atoms with van der Waals surface area (Å²) in [5.74, 6) is 0.740. The van der Waals surface area contributed by atoms with Crippen molar-refractivity contribution < 1.29 is 4.79 Å². The third-order valence-corrected chi connectivity index (χ3v) is 1.74. The molecule has 0 aliphatic rings. The summed E-state index contributed by atoms with van der Waals surface area (Å²) < 4.78 is 0. The largest absolute Gasteiger partial charge is 0.362 e. The van der Waals surface area contributed by atoms with E-state index >= 15 is 0 Å². The van der Waals surface area contributed by atoms with Crippen LogP contribution in [-0.4, -0.2) is 22.5 Å². The molecule has 4 heteroatoms. The number of carbonyl (C=O) groups is 1. The fourth-order valence-electron chi connectivity index (χ4n) is 1.06. The summed E-state index contributed by atoms with van der Waals surface area (Å²) in [6.45, 7) is 3.94. The molecule has 0 atom stereocenters. The lowest BCUT2D eigenvalue weighted by Crippen LogP contribution is -2.11. The Bertz CT molecular complexity index is 295. The van der Waals surface area contributed by atoms with Gasteiger partial charge in [0.2, 0.25) is 0 Å².